The fraction of sp³-hybridized carbons (Fsp3) is 0.455. The van der Waals surface area contributed by atoms with E-state index in [0.29, 0.717) is 35.3 Å². The topological polar surface area (TPSA) is 108 Å². The molecule has 9 nitrogen and oxygen atoms in total. The van der Waals surface area contributed by atoms with E-state index in [2.05, 4.69) is 26.0 Å². The van der Waals surface area contributed by atoms with Crippen molar-refractivity contribution >= 4 is 29.1 Å². The lowest BCUT2D eigenvalue weighted by Crippen LogP contribution is -2.45. The summed E-state index contributed by atoms with van der Waals surface area (Å²) in [4.78, 5) is 32.8. The van der Waals surface area contributed by atoms with E-state index in [-0.39, 0.29) is 5.91 Å². The summed E-state index contributed by atoms with van der Waals surface area (Å²) in [5, 5.41) is 6.93. The van der Waals surface area contributed by atoms with Crippen molar-refractivity contribution in [1.29, 1.82) is 0 Å². The van der Waals surface area contributed by atoms with Crippen LogP contribution >= 0.6 is 0 Å². The Morgan fingerprint density at radius 1 is 1.16 bits per heavy atom. The molecule has 0 saturated heterocycles. The summed E-state index contributed by atoms with van der Waals surface area (Å²) in [7, 11) is 1.52. The minimum atomic E-state index is -0.469. The smallest absolute Gasteiger partial charge is 0.324 e. The molecule has 1 aliphatic carbocycles. The number of methoxy groups -OCH3 is 1. The fourth-order valence-corrected chi connectivity index (χ4v) is 3.65. The number of nitrogens with zero attached hydrogens (tertiary/aromatic N) is 3. The first kappa shape index (κ1) is 22.5. The highest BCUT2D eigenvalue weighted by Gasteiger charge is 2.20. The zero-order chi connectivity index (χ0) is 22.1. The molecule has 0 aliphatic heterocycles. The Hall–Kier alpha value is -3.20. The summed E-state index contributed by atoms with van der Waals surface area (Å²) in [6, 6.07) is 4.76. The molecule has 3 N–H and O–H groups in total. The van der Waals surface area contributed by atoms with Gasteiger partial charge in [-0.3, -0.25) is 15.1 Å². The molecule has 166 valence electrons. The van der Waals surface area contributed by atoms with Crippen molar-refractivity contribution in [3.63, 3.8) is 0 Å². The third-order valence-corrected chi connectivity index (χ3v) is 5.31. The number of rotatable bonds is 8. The van der Waals surface area contributed by atoms with Gasteiger partial charge < -0.3 is 10.1 Å². The summed E-state index contributed by atoms with van der Waals surface area (Å²) in [5.74, 6) is 1.33. The highest BCUT2D eigenvalue weighted by Crippen LogP contribution is 2.30. The molecule has 1 fully saturated rings. The van der Waals surface area contributed by atoms with Crippen LogP contribution in [0.3, 0.4) is 0 Å². The van der Waals surface area contributed by atoms with Gasteiger partial charge >= 0.3 is 6.03 Å². The molecule has 0 radical (unpaired) electrons. The molecule has 1 heterocycles. The summed E-state index contributed by atoms with van der Waals surface area (Å²) in [5.41, 5.74) is 4.46. The minimum absolute atomic E-state index is 0.0287. The van der Waals surface area contributed by atoms with E-state index in [1.54, 1.807) is 23.2 Å². The second-order valence-corrected chi connectivity index (χ2v) is 7.50. The quantitative estimate of drug-likeness (QED) is 0.552. The van der Waals surface area contributed by atoms with Crippen LogP contribution in [0.2, 0.25) is 0 Å². The number of ether oxygens (including phenoxy) is 1. The minimum Gasteiger partial charge on any atom is -0.494 e. The van der Waals surface area contributed by atoms with Crippen molar-refractivity contribution in [2.24, 2.45) is 5.92 Å². The first-order valence-electron chi connectivity index (χ1n) is 10.7. The first-order valence-corrected chi connectivity index (χ1v) is 10.7. The molecule has 0 unspecified atom stereocenters. The highest BCUT2D eigenvalue weighted by molar-refractivity contribution is 6.00. The van der Waals surface area contributed by atoms with Crippen molar-refractivity contribution in [2.45, 2.75) is 45.4 Å². The number of urea groups is 1. The van der Waals surface area contributed by atoms with Crippen LogP contribution in [-0.4, -0.2) is 35.6 Å². The van der Waals surface area contributed by atoms with Crippen molar-refractivity contribution in [1.82, 2.24) is 15.4 Å². The SMILES string of the molecule is CCC(=O)N(NCC1CCCCC1)c1ccc(NC(=O)Nc2cnccn2)c(OC)c1. The number of hydrogen-bond donors (Lipinski definition) is 3. The van der Waals surface area contributed by atoms with Crippen molar-refractivity contribution in [3.05, 3.63) is 36.8 Å². The maximum atomic E-state index is 12.6. The number of hydrazine groups is 1. The molecule has 1 aliphatic rings. The third-order valence-electron chi connectivity index (χ3n) is 5.31. The Balaban J connectivity index is 1.70. The predicted octanol–water partition coefficient (Wildman–Crippen LogP) is 3.96. The molecule has 0 atom stereocenters. The molecule has 0 spiro atoms. The number of amides is 3. The van der Waals surface area contributed by atoms with Gasteiger partial charge in [-0.15, -0.1) is 0 Å². The number of aromatic nitrogens is 2. The lowest BCUT2D eigenvalue weighted by molar-refractivity contribution is -0.119. The molecular weight excluding hydrogens is 396 g/mol. The molecule has 2 aromatic rings. The lowest BCUT2D eigenvalue weighted by Gasteiger charge is -2.28. The Labute approximate surface area is 182 Å². The van der Waals surface area contributed by atoms with Crippen molar-refractivity contribution in [2.75, 3.05) is 29.3 Å². The monoisotopic (exact) mass is 426 g/mol. The number of carbonyl (C=O) groups excluding carboxylic acids is 2. The molecular formula is C22H30N6O3. The highest BCUT2D eigenvalue weighted by atomic mass is 16.5. The summed E-state index contributed by atoms with van der Waals surface area (Å²) >= 11 is 0. The van der Waals surface area contributed by atoms with E-state index in [1.807, 2.05) is 6.92 Å². The second-order valence-electron chi connectivity index (χ2n) is 7.50. The number of nitrogens with one attached hydrogen (secondary N) is 3. The summed E-state index contributed by atoms with van der Waals surface area (Å²) in [6.07, 6.45) is 11.0. The Morgan fingerprint density at radius 2 is 1.97 bits per heavy atom. The average molecular weight is 427 g/mol. The molecule has 1 saturated carbocycles. The van der Waals surface area contributed by atoms with Crippen molar-refractivity contribution in [3.8, 4) is 5.75 Å². The number of benzene rings is 1. The van der Waals surface area contributed by atoms with Gasteiger partial charge in [0.15, 0.2) is 5.82 Å². The summed E-state index contributed by atoms with van der Waals surface area (Å²) in [6.45, 7) is 2.59. The van der Waals surface area contributed by atoms with Crippen LogP contribution in [0.5, 0.6) is 5.75 Å². The number of anilines is 3. The van der Waals surface area contributed by atoms with E-state index in [9.17, 15) is 9.59 Å². The Morgan fingerprint density at radius 3 is 2.65 bits per heavy atom. The maximum absolute atomic E-state index is 12.6. The third kappa shape index (κ3) is 6.39. The van der Waals surface area contributed by atoms with Crippen LogP contribution in [0, 0.1) is 5.92 Å². The molecule has 1 aromatic heterocycles. The van der Waals surface area contributed by atoms with Gasteiger partial charge in [0.1, 0.15) is 5.75 Å². The average Bonchev–Trinajstić information content (AvgIpc) is 2.81. The first-order chi connectivity index (χ1) is 15.1. The number of carbonyl (C=O) groups is 2. The fourth-order valence-electron chi connectivity index (χ4n) is 3.65. The Bertz CT molecular complexity index is 871. The van der Waals surface area contributed by atoms with E-state index < -0.39 is 6.03 Å². The van der Waals surface area contributed by atoms with Gasteiger partial charge in [0, 0.05) is 31.4 Å². The summed E-state index contributed by atoms with van der Waals surface area (Å²) < 4.78 is 5.46. The van der Waals surface area contributed by atoms with E-state index >= 15 is 0 Å². The van der Waals surface area contributed by atoms with Gasteiger partial charge in [0.05, 0.1) is 24.7 Å². The van der Waals surface area contributed by atoms with Gasteiger partial charge in [-0.25, -0.2) is 20.2 Å². The van der Waals surface area contributed by atoms with Crippen LogP contribution in [0.4, 0.5) is 22.0 Å². The lowest BCUT2D eigenvalue weighted by atomic mass is 9.89. The number of hydrogen-bond acceptors (Lipinski definition) is 6. The van der Waals surface area contributed by atoms with Crippen LogP contribution in [0.1, 0.15) is 45.4 Å². The van der Waals surface area contributed by atoms with Gasteiger partial charge in [0.2, 0.25) is 5.91 Å². The zero-order valence-corrected chi connectivity index (χ0v) is 18.1. The molecule has 1 aromatic carbocycles. The predicted molar refractivity (Wildman–Crippen MR) is 120 cm³/mol. The van der Waals surface area contributed by atoms with Gasteiger partial charge in [-0.1, -0.05) is 26.2 Å². The van der Waals surface area contributed by atoms with Gasteiger partial charge in [-0.05, 0) is 30.9 Å². The van der Waals surface area contributed by atoms with Crippen LogP contribution in [-0.2, 0) is 4.79 Å². The van der Waals surface area contributed by atoms with E-state index in [0.717, 1.165) is 6.54 Å². The zero-order valence-electron chi connectivity index (χ0n) is 18.1. The van der Waals surface area contributed by atoms with Crippen molar-refractivity contribution < 1.29 is 14.3 Å². The van der Waals surface area contributed by atoms with Crippen LogP contribution in [0.15, 0.2) is 36.8 Å². The van der Waals surface area contributed by atoms with Gasteiger partial charge in [-0.2, -0.15) is 0 Å². The van der Waals surface area contributed by atoms with E-state index in [4.69, 9.17) is 4.74 Å². The standard InChI is InChI=1S/C22H30N6O3/c1-3-21(29)28(25-14-16-7-5-4-6-8-16)17-9-10-18(19(13-17)31-2)26-22(30)27-20-15-23-11-12-24-20/h9-13,15-16,25H,3-8,14H2,1-2H3,(H2,24,26,27,30). The Kier molecular flexibility index (Phi) is 8.17. The normalized spacial score (nSPS) is 14.0. The molecule has 3 rings (SSSR count). The second kappa shape index (κ2) is 11.3. The largest absolute Gasteiger partial charge is 0.494 e. The molecule has 0 bridgehead atoms. The van der Waals surface area contributed by atoms with Gasteiger partial charge in [0.25, 0.3) is 0 Å². The van der Waals surface area contributed by atoms with E-state index in [1.165, 1.54) is 57.8 Å². The molecule has 31 heavy (non-hydrogen) atoms. The van der Waals surface area contributed by atoms with Crippen LogP contribution in [0.25, 0.3) is 0 Å². The maximum Gasteiger partial charge on any atom is 0.324 e. The molecule has 3 amide bonds. The molecule has 9 heteroatoms. The van der Waals surface area contributed by atoms with Crippen LogP contribution < -0.4 is 25.8 Å².